The van der Waals surface area contributed by atoms with E-state index in [4.69, 9.17) is 0 Å². The average molecular weight is 364 g/mol. The summed E-state index contributed by atoms with van der Waals surface area (Å²) in [6.45, 7) is 4.45. The predicted molar refractivity (Wildman–Crippen MR) is 106 cm³/mol. The molecule has 7 heteroatoms. The van der Waals surface area contributed by atoms with Gasteiger partial charge in [0, 0.05) is 49.8 Å². The molecule has 1 aromatic carbocycles. The number of anilines is 1. The van der Waals surface area contributed by atoms with Gasteiger partial charge in [0.05, 0.1) is 12.4 Å². The lowest BCUT2D eigenvalue weighted by atomic mass is 10.1. The molecule has 1 aliphatic heterocycles. The first-order valence-electron chi connectivity index (χ1n) is 9.29. The largest absolute Gasteiger partial charge is 0.361 e. The molecule has 1 amide bonds. The molecule has 4 rings (SSSR count). The Morgan fingerprint density at radius 2 is 1.96 bits per heavy atom. The van der Waals surface area contributed by atoms with Crippen LogP contribution in [-0.4, -0.2) is 65.5 Å². The number of para-hydroxylation sites is 1. The molecule has 3 aromatic rings. The van der Waals surface area contributed by atoms with Crippen LogP contribution in [0.5, 0.6) is 0 Å². The monoisotopic (exact) mass is 364 g/mol. The molecular weight excluding hydrogens is 340 g/mol. The van der Waals surface area contributed by atoms with Gasteiger partial charge < -0.3 is 20.1 Å². The Hall–Kier alpha value is -2.93. The summed E-state index contributed by atoms with van der Waals surface area (Å²) in [5.41, 5.74) is 2.67. The molecule has 0 atom stereocenters. The molecule has 2 aromatic heterocycles. The standard InChI is InChI=1S/C20H24N6O/c1-25-8-10-26(11-9-25)19-14-23-18(13-24-19)20(27)21-7-6-15-12-22-17-5-3-2-4-16(15)17/h2-5,12-14,22H,6-11H2,1H3,(H,21,27). The number of piperazine rings is 1. The zero-order valence-electron chi connectivity index (χ0n) is 15.5. The number of benzene rings is 1. The summed E-state index contributed by atoms with van der Waals surface area (Å²) in [7, 11) is 2.12. The van der Waals surface area contributed by atoms with Crippen molar-refractivity contribution in [2.75, 3.05) is 44.7 Å². The maximum Gasteiger partial charge on any atom is 0.271 e. The van der Waals surface area contributed by atoms with Crippen LogP contribution >= 0.6 is 0 Å². The van der Waals surface area contributed by atoms with Gasteiger partial charge in [0.2, 0.25) is 0 Å². The summed E-state index contributed by atoms with van der Waals surface area (Å²) in [5.74, 6) is 0.644. The number of hydrogen-bond donors (Lipinski definition) is 2. The molecule has 3 heterocycles. The molecule has 0 aliphatic carbocycles. The third-order valence-electron chi connectivity index (χ3n) is 5.05. The summed E-state index contributed by atoms with van der Waals surface area (Å²) in [6, 6.07) is 8.17. The van der Waals surface area contributed by atoms with Crippen LogP contribution in [0.1, 0.15) is 16.1 Å². The van der Waals surface area contributed by atoms with Crippen molar-refractivity contribution in [3.05, 3.63) is 54.1 Å². The lowest BCUT2D eigenvalue weighted by molar-refractivity contribution is 0.0949. The number of nitrogens with zero attached hydrogens (tertiary/aromatic N) is 4. The van der Waals surface area contributed by atoms with Gasteiger partial charge in [-0.05, 0) is 25.1 Å². The van der Waals surface area contributed by atoms with Crippen LogP contribution in [0.2, 0.25) is 0 Å². The highest BCUT2D eigenvalue weighted by Crippen LogP contribution is 2.17. The van der Waals surface area contributed by atoms with Gasteiger partial charge in [-0.3, -0.25) is 4.79 Å². The second-order valence-electron chi connectivity index (χ2n) is 6.92. The predicted octanol–water partition coefficient (Wildman–Crippen LogP) is 1.68. The Morgan fingerprint density at radius 3 is 2.74 bits per heavy atom. The fourth-order valence-corrected chi connectivity index (χ4v) is 3.38. The van der Waals surface area contributed by atoms with E-state index in [1.54, 1.807) is 12.4 Å². The topological polar surface area (TPSA) is 77.1 Å². The van der Waals surface area contributed by atoms with E-state index in [0.717, 1.165) is 43.9 Å². The van der Waals surface area contributed by atoms with Crippen LogP contribution in [0.4, 0.5) is 5.82 Å². The lowest BCUT2D eigenvalue weighted by Crippen LogP contribution is -2.44. The molecule has 0 bridgehead atoms. The van der Waals surface area contributed by atoms with Crippen molar-refractivity contribution >= 4 is 22.6 Å². The Balaban J connectivity index is 1.32. The number of amides is 1. The van der Waals surface area contributed by atoms with E-state index in [9.17, 15) is 4.79 Å². The molecule has 0 radical (unpaired) electrons. The maximum absolute atomic E-state index is 12.3. The van der Waals surface area contributed by atoms with Gasteiger partial charge in [-0.15, -0.1) is 0 Å². The van der Waals surface area contributed by atoms with Crippen LogP contribution in [-0.2, 0) is 6.42 Å². The number of nitrogens with one attached hydrogen (secondary N) is 2. The number of aromatic nitrogens is 3. The molecule has 27 heavy (non-hydrogen) atoms. The minimum Gasteiger partial charge on any atom is -0.361 e. The number of aromatic amines is 1. The Kier molecular flexibility index (Phi) is 5.02. The van der Waals surface area contributed by atoms with Crippen molar-refractivity contribution in [2.24, 2.45) is 0 Å². The summed E-state index contributed by atoms with van der Waals surface area (Å²) in [6.07, 6.45) is 6.03. The number of likely N-dealkylation sites (N-methyl/N-ethyl adjacent to an activating group) is 1. The Morgan fingerprint density at radius 1 is 1.15 bits per heavy atom. The van der Waals surface area contributed by atoms with Gasteiger partial charge in [0.25, 0.3) is 5.91 Å². The van der Waals surface area contributed by atoms with Gasteiger partial charge in [-0.1, -0.05) is 18.2 Å². The quantitative estimate of drug-likeness (QED) is 0.720. The molecule has 1 fully saturated rings. The molecule has 0 spiro atoms. The number of H-pyrrole nitrogens is 1. The van der Waals surface area contributed by atoms with Crippen molar-refractivity contribution < 1.29 is 4.79 Å². The number of rotatable bonds is 5. The molecule has 1 aliphatic rings. The molecule has 2 N–H and O–H groups in total. The van der Waals surface area contributed by atoms with Crippen molar-refractivity contribution in [1.82, 2.24) is 25.2 Å². The average Bonchev–Trinajstić information content (AvgIpc) is 3.12. The number of hydrogen-bond acceptors (Lipinski definition) is 5. The van der Waals surface area contributed by atoms with Gasteiger partial charge in [-0.2, -0.15) is 0 Å². The van der Waals surface area contributed by atoms with E-state index in [1.807, 2.05) is 18.3 Å². The highest BCUT2D eigenvalue weighted by atomic mass is 16.1. The molecule has 140 valence electrons. The molecule has 1 saturated heterocycles. The first-order chi connectivity index (χ1) is 13.2. The third-order valence-corrected chi connectivity index (χ3v) is 5.05. The van der Waals surface area contributed by atoms with Crippen molar-refractivity contribution in [3.8, 4) is 0 Å². The molecule has 0 saturated carbocycles. The van der Waals surface area contributed by atoms with E-state index in [0.29, 0.717) is 12.2 Å². The summed E-state index contributed by atoms with van der Waals surface area (Å²) >= 11 is 0. The van der Waals surface area contributed by atoms with Crippen LogP contribution in [0.15, 0.2) is 42.9 Å². The van der Waals surface area contributed by atoms with Gasteiger partial charge >= 0.3 is 0 Å². The fraction of sp³-hybridized carbons (Fsp3) is 0.350. The second-order valence-corrected chi connectivity index (χ2v) is 6.92. The highest BCUT2D eigenvalue weighted by Gasteiger charge is 2.16. The van der Waals surface area contributed by atoms with E-state index < -0.39 is 0 Å². The van der Waals surface area contributed by atoms with E-state index in [-0.39, 0.29) is 5.91 Å². The second kappa shape index (κ2) is 7.75. The number of fused-ring (bicyclic) bond motifs is 1. The highest BCUT2D eigenvalue weighted by molar-refractivity contribution is 5.92. The van der Waals surface area contributed by atoms with E-state index >= 15 is 0 Å². The first kappa shape index (κ1) is 17.5. The first-order valence-corrected chi connectivity index (χ1v) is 9.29. The van der Waals surface area contributed by atoms with E-state index in [2.05, 4.69) is 49.2 Å². The smallest absolute Gasteiger partial charge is 0.271 e. The number of carbonyl (C=O) groups excluding carboxylic acids is 1. The molecular formula is C20H24N6O. The van der Waals surface area contributed by atoms with Crippen molar-refractivity contribution in [3.63, 3.8) is 0 Å². The Labute approximate surface area is 158 Å². The van der Waals surface area contributed by atoms with Gasteiger partial charge in [-0.25, -0.2) is 9.97 Å². The molecule has 0 unspecified atom stereocenters. The van der Waals surface area contributed by atoms with Crippen molar-refractivity contribution in [1.29, 1.82) is 0 Å². The third kappa shape index (κ3) is 3.93. The van der Waals surface area contributed by atoms with Crippen LogP contribution in [0.25, 0.3) is 10.9 Å². The van der Waals surface area contributed by atoms with Crippen LogP contribution in [0, 0.1) is 0 Å². The lowest BCUT2D eigenvalue weighted by Gasteiger charge is -2.32. The van der Waals surface area contributed by atoms with Crippen LogP contribution in [0.3, 0.4) is 0 Å². The minimum atomic E-state index is -0.188. The minimum absolute atomic E-state index is 0.188. The van der Waals surface area contributed by atoms with Crippen LogP contribution < -0.4 is 10.2 Å². The van der Waals surface area contributed by atoms with E-state index in [1.165, 1.54) is 10.9 Å². The molecule has 7 nitrogen and oxygen atoms in total. The zero-order chi connectivity index (χ0) is 18.6. The normalized spacial score (nSPS) is 15.2. The fourth-order valence-electron chi connectivity index (χ4n) is 3.38. The summed E-state index contributed by atoms with van der Waals surface area (Å²) < 4.78 is 0. The summed E-state index contributed by atoms with van der Waals surface area (Å²) in [4.78, 5) is 28.8. The maximum atomic E-state index is 12.3. The summed E-state index contributed by atoms with van der Waals surface area (Å²) in [5, 5.41) is 4.13. The van der Waals surface area contributed by atoms with Crippen molar-refractivity contribution in [2.45, 2.75) is 6.42 Å². The zero-order valence-corrected chi connectivity index (χ0v) is 15.5. The number of carbonyl (C=O) groups is 1. The van der Waals surface area contributed by atoms with Gasteiger partial charge in [0.1, 0.15) is 11.5 Å². The Bertz CT molecular complexity index is 912. The van der Waals surface area contributed by atoms with Gasteiger partial charge in [0.15, 0.2) is 0 Å². The SMILES string of the molecule is CN1CCN(c2cnc(C(=O)NCCc3c[nH]c4ccccc34)cn2)CC1.